The van der Waals surface area contributed by atoms with Crippen molar-refractivity contribution in [2.24, 2.45) is 0 Å². The highest BCUT2D eigenvalue weighted by atomic mass is 15.2. The van der Waals surface area contributed by atoms with Crippen LogP contribution in [-0.4, -0.2) is 0 Å². The normalized spacial score (nSPS) is 14.8. The van der Waals surface area contributed by atoms with Gasteiger partial charge in [-0.3, -0.25) is 0 Å². The Morgan fingerprint density at radius 2 is 0.743 bits per heavy atom. The number of anilines is 3. The van der Waals surface area contributed by atoms with Crippen LogP contribution in [0.1, 0.15) is 69.5 Å². The lowest BCUT2D eigenvalue weighted by Crippen LogP contribution is -2.29. The van der Waals surface area contributed by atoms with Gasteiger partial charge in [0.2, 0.25) is 0 Å². The van der Waals surface area contributed by atoms with Gasteiger partial charge in [-0.2, -0.15) is 0 Å². The summed E-state index contributed by atoms with van der Waals surface area (Å²) in [5.41, 5.74) is 22.6. The van der Waals surface area contributed by atoms with Gasteiger partial charge in [0.1, 0.15) is 0 Å². The van der Waals surface area contributed by atoms with Gasteiger partial charge in [-0.1, -0.05) is 250 Å². The van der Waals surface area contributed by atoms with Gasteiger partial charge in [-0.05, 0) is 113 Å². The Balaban J connectivity index is 1.14. The third kappa shape index (κ3) is 5.38. The molecule has 1 nitrogen and oxygen atoms in total. The second kappa shape index (κ2) is 15.2. The van der Waals surface area contributed by atoms with E-state index >= 15 is 0 Å². The maximum atomic E-state index is 2.65. The van der Waals surface area contributed by atoms with Crippen LogP contribution in [0, 0.1) is 0 Å². The van der Waals surface area contributed by atoms with Crippen molar-refractivity contribution in [2.75, 3.05) is 4.90 Å². The Hall–Kier alpha value is -8.52. The van der Waals surface area contributed by atoms with Crippen molar-refractivity contribution in [3.63, 3.8) is 0 Å². The molecule has 0 aliphatic heterocycles. The first-order valence-electron chi connectivity index (χ1n) is 24.7. The Morgan fingerprint density at radius 1 is 0.300 bits per heavy atom. The van der Waals surface area contributed by atoms with Crippen LogP contribution < -0.4 is 4.90 Å². The van der Waals surface area contributed by atoms with Gasteiger partial charge in [-0.15, -0.1) is 0 Å². The Labute approximate surface area is 410 Å². The van der Waals surface area contributed by atoms with Gasteiger partial charge in [0.05, 0.1) is 22.2 Å². The molecule has 11 aromatic carbocycles. The fourth-order valence-corrected chi connectivity index (χ4v) is 13.5. The van der Waals surface area contributed by atoms with E-state index in [0.29, 0.717) is 0 Å². The zero-order valence-electron chi connectivity index (χ0n) is 39.3. The zero-order valence-corrected chi connectivity index (χ0v) is 39.3. The molecule has 1 heteroatoms. The van der Waals surface area contributed by atoms with Crippen LogP contribution in [0.4, 0.5) is 17.1 Å². The van der Waals surface area contributed by atoms with Gasteiger partial charge in [0.15, 0.2) is 0 Å². The molecule has 0 saturated carbocycles. The first kappa shape index (κ1) is 40.5. The summed E-state index contributed by atoms with van der Waals surface area (Å²) in [6.45, 7) is 4.84. The molecule has 0 atom stereocenters. The highest BCUT2D eigenvalue weighted by Gasteiger charge is 2.49. The first-order chi connectivity index (χ1) is 34.5. The average Bonchev–Trinajstić information content (AvgIpc) is 4.00. The van der Waals surface area contributed by atoms with Crippen molar-refractivity contribution in [3.8, 4) is 33.4 Å². The van der Waals surface area contributed by atoms with E-state index in [1.54, 1.807) is 0 Å². The molecule has 3 aliphatic rings. The quantitative estimate of drug-likeness (QED) is 0.154. The summed E-state index contributed by atoms with van der Waals surface area (Å²) in [6, 6.07) is 98.1. The fraction of sp³-hybridized carbons (Fsp3) is 0.0725. The Morgan fingerprint density at radius 3 is 1.34 bits per heavy atom. The molecule has 0 amide bonds. The lowest BCUT2D eigenvalue weighted by Gasteiger charge is -2.36. The predicted molar refractivity (Wildman–Crippen MR) is 291 cm³/mol. The van der Waals surface area contributed by atoms with Crippen LogP contribution in [0.2, 0.25) is 0 Å². The number of rotatable bonds is 7. The van der Waals surface area contributed by atoms with Crippen LogP contribution in [0.25, 0.3) is 44.2 Å². The molecule has 0 fully saturated rings. The molecule has 70 heavy (non-hydrogen) atoms. The van der Waals surface area contributed by atoms with Crippen molar-refractivity contribution in [1.29, 1.82) is 0 Å². The van der Waals surface area contributed by atoms with Crippen molar-refractivity contribution in [1.82, 2.24) is 0 Å². The van der Waals surface area contributed by atoms with Crippen LogP contribution in [0.3, 0.4) is 0 Å². The van der Waals surface area contributed by atoms with E-state index in [0.717, 1.165) is 11.4 Å². The fourth-order valence-electron chi connectivity index (χ4n) is 13.5. The standard InChI is InChI=1S/C69H49N/c1-67(2)57-37-20-18-35-55(57)65-63(44-46-24-15-16-33-52(46)66(65)67)70(51-42-43-54-53-34-17-21-38-58(53)69(61(54)45-51,49-29-11-5-12-30-49)50-31-13-6-14-32-50)62-41-23-40-60-64(62)56-36-19-22-39-59(56)68(60,47-25-7-3-8-26-47)48-27-9-4-10-28-48/h3-45H,1-2H3. The summed E-state index contributed by atoms with van der Waals surface area (Å²) in [6.07, 6.45) is 0. The molecule has 0 radical (unpaired) electrons. The van der Waals surface area contributed by atoms with E-state index < -0.39 is 10.8 Å². The predicted octanol–water partition coefficient (Wildman–Crippen LogP) is 17.3. The summed E-state index contributed by atoms with van der Waals surface area (Å²) in [5, 5.41) is 2.53. The second-order valence-electron chi connectivity index (χ2n) is 19.9. The van der Waals surface area contributed by atoms with Crippen molar-refractivity contribution in [3.05, 3.63) is 316 Å². The number of hydrogen-bond donors (Lipinski definition) is 0. The number of hydrogen-bond acceptors (Lipinski definition) is 1. The van der Waals surface area contributed by atoms with E-state index in [-0.39, 0.29) is 5.41 Å². The molecule has 14 rings (SSSR count). The van der Waals surface area contributed by atoms with E-state index in [4.69, 9.17) is 0 Å². The lowest BCUT2D eigenvalue weighted by atomic mass is 9.67. The third-order valence-electron chi connectivity index (χ3n) is 16.2. The molecule has 3 aliphatic carbocycles. The Kier molecular flexibility index (Phi) is 8.83. The SMILES string of the molecule is CC1(C)c2ccccc2-c2c(N(c3ccc4c(c3)C(c3ccccc3)(c3ccccc3)c3ccccc3-4)c3cccc4c3-c3ccccc3C4(c3ccccc3)c3ccccc3)cc3ccccc3c21. The van der Waals surface area contributed by atoms with E-state index in [1.807, 2.05) is 0 Å². The van der Waals surface area contributed by atoms with Gasteiger partial charge in [0, 0.05) is 22.2 Å². The monoisotopic (exact) mass is 891 g/mol. The molecule has 11 aromatic rings. The first-order valence-corrected chi connectivity index (χ1v) is 24.7. The number of benzene rings is 11. The zero-order chi connectivity index (χ0) is 46.6. The van der Waals surface area contributed by atoms with E-state index in [2.05, 4.69) is 280 Å². The lowest BCUT2D eigenvalue weighted by molar-refractivity contribution is 0.666. The van der Waals surface area contributed by atoms with Crippen LogP contribution in [0.5, 0.6) is 0 Å². The molecule has 0 spiro atoms. The Bertz CT molecular complexity index is 3770. The van der Waals surface area contributed by atoms with Crippen LogP contribution >= 0.6 is 0 Å². The smallest absolute Gasteiger partial charge is 0.0714 e. The van der Waals surface area contributed by atoms with Crippen molar-refractivity contribution < 1.29 is 0 Å². The highest BCUT2D eigenvalue weighted by molar-refractivity contribution is 6.08. The highest BCUT2D eigenvalue weighted by Crippen LogP contribution is 2.63. The maximum Gasteiger partial charge on any atom is 0.0714 e. The van der Waals surface area contributed by atoms with E-state index in [9.17, 15) is 0 Å². The summed E-state index contributed by atoms with van der Waals surface area (Å²) >= 11 is 0. The molecule has 0 unspecified atom stereocenters. The van der Waals surface area contributed by atoms with E-state index in [1.165, 1.54) is 105 Å². The molecular weight excluding hydrogens is 843 g/mol. The van der Waals surface area contributed by atoms with Gasteiger partial charge < -0.3 is 4.90 Å². The van der Waals surface area contributed by atoms with Crippen molar-refractivity contribution in [2.45, 2.75) is 30.1 Å². The van der Waals surface area contributed by atoms with Gasteiger partial charge in [0.25, 0.3) is 0 Å². The van der Waals surface area contributed by atoms with Gasteiger partial charge >= 0.3 is 0 Å². The second-order valence-corrected chi connectivity index (χ2v) is 19.9. The minimum Gasteiger partial charge on any atom is -0.309 e. The minimum absolute atomic E-state index is 0.246. The van der Waals surface area contributed by atoms with Gasteiger partial charge in [-0.25, -0.2) is 0 Å². The molecule has 0 saturated heterocycles. The summed E-state index contributed by atoms with van der Waals surface area (Å²) in [4.78, 5) is 2.65. The molecule has 330 valence electrons. The third-order valence-corrected chi connectivity index (χ3v) is 16.2. The molecule has 0 aromatic heterocycles. The molecule has 0 N–H and O–H groups in total. The average molecular weight is 892 g/mol. The number of nitrogens with zero attached hydrogens (tertiary/aromatic N) is 1. The van der Waals surface area contributed by atoms with Crippen molar-refractivity contribution >= 4 is 27.8 Å². The van der Waals surface area contributed by atoms with Crippen LogP contribution in [-0.2, 0) is 16.2 Å². The maximum absolute atomic E-state index is 2.65. The summed E-state index contributed by atoms with van der Waals surface area (Å²) in [5.74, 6) is 0. The molecule has 0 heterocycles. The molecule has 0 bridgehead atoms. The molecular formula is C69H49N. The largest absolute Gasteiger partial charge is 0.309 e. The number of fused-ring (bicyclic) bond motifs is 11. The summed E-state index contributed by atoms with van der Waals surface area (Å²) in [7, 11) is 0. The summed E-state index contributed by atoms with van der Waals surface area (Å²) < 4.78 is 0. The van der Waals surface area contributed by atoms with Crippen LogP contribution in [0.15, 0.2) is 261 Å². The topological polar surface area (TPSA) is 3.24 Å². The minimum atomic E-state index is -0.572.